The lowest BCUT2D eigenvalue weighted by atomic mass is 10.4. The lowest BCUT2D eigenvalue weighted by molar-refractivity contribution is 0.988. The molecule has 7 heteroatoms. The second-order valence-corrected chi connectivity index (χ2v) is 4.08. The first kappa shape index (κ1) is 11.2. The van der Waals surface area contributed by atoms with Crippen molar-refractivity contribution >= 4 is 33.3 Å². The van der Waals surface area contributed by atoms with Crippen LogP contribution in [0.3, 0.4) is 0 Å². The van der Waals surface area contributed by atoms with Gasteiger partial charge in [0.05, 0.1) is 16.7 Å². The highest BCUT2D eigenvalue weighted by Crippen LogP contribution is 2.20. The number of halogens is 2. The van der Waals surface area contributed by atoms with Gasteiger partial charge in [0.25, 0.3) is 0 Å². The second kappa shape index (κ2) is 5.18. The standard InChI is InChI=1S/C9H7BrClN5/c10-7-4-14-9(11)16-8(7)13-3-6-1-2-12-5-15-6/h1-2,4-5H,3H2,(H,13,14,16). The van der Waals surface area contributed by atoms with Crippen LogP contribution >= 0.6 is 27.5 Å². The van der Waals surface area contributed by atoms with Gasteiger partial charge in [-0.05, 0) is 33.6 Å². The number of nitrogens with zero attached hydrogens (tertiary/aromatic N) is 4. The van der Waals surface area contributed by atoms with Crippen molar-refractivity contribution in [3.05, 3.63) is 40.2 Å². The zero-order valence-electron chi connectivity index (χ0n) is 8.06. The Morgan fingerprint density at radius 2 is 2.25 bits per heavy atom. The van der Waals surface area contributed by atoms with Crippen molar-refractivity contribution in [1.82, 2.24) is 19.9 Å². The first-order chi connectivity index (χ1) is 7.75. The highest BCUT2D eigenvalue weighted by atomic mass is 79.9. The van der Waals surface area contributed by atoms with Gasteiger partial charge in [0, 0.05) is 12.4 Å². The molecule has 2 aromatic rings. The second-order valence-electron chi connectivity index (χ2n) is 2.89. The summed E-state index contributed by atoms with van der Waals surface area (Å²) in [4.78, 5) is 15.8. The molecular weight excluding hydrogens is 293 g/mol. The Morgan fingerprint density at radius 3 is 3.00 bits per heavy atom. The van der Waals surface area contributed by atoms with Crippen LogP contribution in [-0.4, -0.2) is 19.9 Å². The molecule has 0 atom stereocenters. The van der Waals surface area contributed by atoms with Gasteiger partial charge in [0.2, 0.25) is 5.28 Å². The molecule has 0 amide bonds. The van der Waals surface area contributed by atoms with Crippen LogP contribution in [0.2, 0.25) is 5.28 Å². The van der Waals surface area contributed by atoms with Crippen molar-refractivity contribution < 1.29 is 0 Å². The van der Waals surface area contributed by atoms with E-state index in [2.05, 4.69) is 41.2 Å². The summed E-state index contributed by atoms with van der Waals surface area (Å²) in [7, 11) is 0. The first-order valence-electron chi connectivity index (χ1n) is 4.42. The van der Waals surface area contributed by atoms with E-state index >= 15 is 0 Å². The van der Waals surface area contributed by atoms with Crippen molar-refractivity contribution in [2.75, 3.05) is 5.32 Å². The molecule has 1 N–H and O–H groups in total. The maximum atomic E-state index is 5.69. The summed E-state index contributed by atoms with van der Waals surface area (Å²) in [5.74, 6) is 0.638. The normalized spacial score (nSPS) is 10.1. The van der Waals surface area contributed by atoms with Crippen LogP contribution in [0, 0.1) is 0 Å². The highest BCUT2D eigenvalue weighted by molar-refractivity contribution is 9.10. The number of anilines is 1. The Hall–Kier alpha value is -1.27. The molecule has 0 unspecified atom stereocenters. The predicted octanol–water partition coefficient (Wildman–Crippen LogP) is 2.29. The van der Waals surface area contributed by atoms with Gasteiger partial charge in [-0.15, -0.1) is 0 Å². The van der Waals surface area contributed by atoms with E-state index in [0.717, 1.165) is 10.2 Å². The van der Waals surface area contributed by atoms with Gasteiger partial charge < -0.3 is 5.32 Å². The summed E-state index contributed by atoms with van der Waals surface area (Å²) in [5, 5.41) is 3.30. The molecule has 2 rings (SSSR count). The van der Waals surface area contributed by atoms with E-state index in [-0.39, 0.29) is 5.28 Å². The predicted molar refractivity (Wildman–Crippen MR) is 64.1 cm³/mol. The number of aromatic nitrogens is 4. The molecule has 0 bridgehead atoms. The molecule has 16 heavy (non-hydrogen) atoms. The zero-order chi connectivity index (χ0) is 11.4. The van der Waals surface area contributed by atoms with Gasteiger partial charge >= 0.3 is 0 Å². The number of hydrogen-bond acceptors (Lipinski definition) is 5. The van der Waals surface area contributed by atoms with Crippen LogP contribution in [0.5, 0.6) is 0 Å². The van der Waals surface area contributed by atoms with E-state index in [1.807, 2.05) is 6.07 Å². The topological polar surface area (TPSA) is 63.6 Å². The number of rotatable bonds is 3. The van der Waals surface area contributed by atoms with E-state index in [0.29, 0.717) is 12.4 Å². The van der Waals surface area contributed by atoms with Crippen LogP contribution in [0.4, 0.5) is 5.82 Å². The zero-order valence-corrected chi connectivity index (χ0v) is 10.4. The van der Waals surface area contributed by atoms with Gasteiger partial charge in [0.1, 0.15) is 12.1 Å². The Morgan fingerprint density at radius 1 is 1.38 bits per heavy atom. The van der Waals surface area contributed by atoms with Crippen LogP contribution in [0.15, 0.2) is 29.3 Å². The average Bonchev–Trinajstić information content (AvgIpc) is 2.32. The summed E-state index contributed by atoms with van der Waals surface area (Å²) < 4.78 is 0.756. The van der Waals surface area contributed by atoms with Gasteiger partial charge in [0.15, 0.2) is 0 Å². The summed E-state index contributed by atoms with van der Waals surface area (Å²) >= 11 is 9.01. The van der Waals surface area contributed by atoms with E-state index < -0.39 is 0 Å². The molecule has 0 saturated heterocycles. The first-order valence-corrected chi connectivity index (χ1v) is 5.59. The van der Waals surface area contributed by atoms with E-state index in [9.17, 15) is 0 Å². The Balaban J connectivity index is 2.08. The molecule has 0 spiro atoms. The van der Waals surface area contributed by atoms with Crippen LogP contribution in [0.25, 0.3) is 0 Å². The van der Waals surface area contributed by atoms with Crippen LogP contribution in [-0.2, 0) is 6.54 Å². The van der Waals surface area contributed by atoms with Gasteiger partial charge in [-0.2, -0.15) is 4.98 Å². The Kier molecular flexibility index (Phi) is 3.63. The molecule has 0 aromatic carbocycles. The van der Waals surface area contributed by atoms with Crippen molar-refractivity contribution in [3.63, 3.8) is 0 Å². The van der Waals surface area contributed by atoms with Gasteiger partial charge in [-0.1, -0.05) is 0 Å². The minimum Gasteiger partial charge on any atom is -0.363 e. The van der Waals surface area contributed by atoms with Crippen molar-refractivity contribution in [1.29, 1.82) is 0 Å². The van der Waals surface area contributed by atoms with Gasteiger partial charge in [-0.3, -0.25) is 0 Å². The molecule has 0 fully saturated rings. The van der Waals surface area contributed by atoms with Gasteiger partial charge in [-0.25, -0.2) is 15.0 Å². The lowest BCUT2D eigenvalue weighted by Crippen LogP contribution is -2.04. The van der Waals surface area contributed by atoms with E-state index in [1.54, 1.807) is 12.4 Å². The number of hydrogen-bond donors (Lipinski definition) is 1. The fourth-order valence-corrected chi connectivity index (χ4v) is 1.53. The third-order valence-corrected chi connectivity index (χ3v) is 2.56. The molecule has 82 valence electrons. The Bertz CT molecular complexity index is 479. The smallest absolute Gasteiger partial charge is 0.224 e. The Labute approximate surface area is 105 Å². The molecule has 0 saturated carbocycles. The van der Waals surface area contributed by atoms with Crippen LogP contribution < -0.4 is 5.32 Å². The summed E-state index contributed by atoms with van der Waals surface area (Å²) in [6.07, 6.45) is 4.78. The summed E-state index contributed by atoms with van der Waals surface area (Å²) in [6.45, 7) is 0.550. The summed E-state index contributed by atoms with van der Waals surface area (Å²) in [5.41, 5.74) is 0.872. The molecule has 0 aliphatic rings. The molecule has 2 heterocycles. The number of nitrogens with one attached hydrogen (secondary N) is 1. The minimum absolute atomic E-state index is 0.202. The summed E-state index contributed by atoms with van der Waals surface area (Å²) in [6, 6.07) is 1.82. The largest absolute Gasteiger partial charge is 0.363 e. The SMILES string of the molecule is Clc1ncc(Br)c(NCc2ccncn2)n1. The van der Waals surface area contributed by atoms with E-state index in [1.165, 1.54) is 6.33 Å². The molecule has 0 aliphatic heterocycles. The molecule has 5 nitrogen and oxygen atoms in total. The fraction of sp³-hybridized carbons (Fsp3) is 0.111. The van der Waals surface area contributed by atoms with Crippen molar-refractivity contribution in [2.24, 2.45) is 0 Å². The maximum absolute atomic E-state index is 5.69. The van der Waals surface area contributed by atoms with E-state index in [4.69, 9.17) is 11.6 Å². The fourth-order valence-electron chi connectivity index (χ4n) is 1.07. The monoisotopic (exact) mass is 299 g/mol. The molecule has 0 aliphatic carbocycles. The maximum Gasteiger partial charge on any atom is 0.224 e. The molecule has 2 aromatic heterocycles. The third kappa shape index (κ3) is 2.86. The van der Waals surface area contributed by atoms with Crippen LogP contribution in [0.1, 0.15) is 5.69 Å². The lowest BCUT2D eigenvalue weighted by Gasteiger charge is -2.06. The highest BCUT2D eigenvalue weighted by Gasteiger charge is 2.03. The minimum atomic E-state index is 0.202. The third-order valence-electron chi connectivity index (χ3n) is 1.79. The average molecular weight is 301 g/mol. The molecule has 0 radical (unpaired) electrons. The van der Waals surface area contributed by atoms with Crippen molar-refractivity contribution in [3.8, 4) is 0 Å². The molecular formula is C9H7BrClN5. The van der Waals surface area contributed by atoms with Crippen molar-refractivity contribution in [2.45, 2.75) is 6.54 Å². The quantitative estimate of drug-likeness (QED) is 0.881.